The number of methoxy groups -OCH3 is 1. The fraction of sp³-hybridized carbons (Fsp3) is 0.379. The fourth-order valence-corrected chi connectivity index (χ4v) is 6.49. The number of aromatic amines is 1. The van der Waals surface area contributed by atoms with E-state index in [0.29, 0.717) is 17.7 Å². The van der Waals surface area contributed by atoms with Crippen molar-refractivity contribution in [2.75, 3.05) is 51.3 Å². The van der Waals surface area contributed by atoms with Crippen molar-refractivity contribution in [3.8, 4) is 6.07 Å². The third-order valence-electron chi connectivity index (χ3n) is 8.72. The molecule has 0 amide bonds. The summed E-state index contributed by atoms with van der Waals surface area (Å²) < 4.78 is 48.2. The highest BCUT2D eigenvalue weighted by Crippen LogP contribution is 2.44. The van der Waals surface area contributed by atoms with Crippen molar-refractivity contribution in [3.05, 3.63) is 86.5 Å². The quantitative estimate of drug-likeness (QED) is 0.365. The molecule has 13 heteroatoms. The Kier molecular flexibility index (Phi) is 6.70. The van der Waals surface area contributed by atoms with E-state index >= 15 is 0 Å². The molecule has 5 heterocycles. The van der Waals surface area contributed by atoms with Crippen molar-refractivity contribution in [1.82, 2.24) is 19.7 Å². The summed E-state index contributed by atoms with van der Waals surface area (Å²) in [5.74, 6) is -0.703. The minimum absolute atomic E-state index is 0.0309. The van der Waals surface area contributed by atoms with Crippen LogP contribution >= 0.6 is 0 Å². The Morgan fingerprint density at radius 2 is 1.88 bits per heavy atom. The lowest BCUT2D eigenvalue weighted by molar-refractivity contribution is -0.953. The maximum atomic E-state index is 13.6. The molecule has 3 aromatic rings. The molecule has 0 spiro atoms. The first-order chi connectivity index (χ1) is 20.0. The van der Waals surface area contributed by atoms with Gasteiger partial charge in [0.1, 0.15) is 12.6 Å². The van der Waals surface area contributed by atoms with Gasteiger partial charge in [-0.1, -0.05) is 12.1 Å². The molecule has 0 radical (unpaired) electrons. The van der Waals surface area contributed by atoms with Crippen molar-refractivity contribution in [2.24, 2.45) is 0 Å². The summed E-state index contributed by atoms with van der Waals surface area (Å²) in [7, 11) is 1.22. The number of esters is 1. The molecule has 4 aliphatic rings. The highest BCUT2D eigenvalue weighted by molar-refractivity contribution is 5.93. The van der Waals surface area contributed by atoms with Gasteiger partial charge < -0.3 is 9.22 Å². The second-order valence-corrected chi connectivity index (χ2v) is 11.0. The van der Waals surface area contributed by atoms with Gasteiger partial charge >= 0.3 is 17.8 Å². The van der Waals surface area contributed by atoms with Gasteiger partial charge in [0, 0.05) is 36.6 Å². The molecule has 0 aliphatic carbocycles. The first kappa shape index (κ1) is 27.7. The summed E-state index contributed by atoms with van der Waals surface area (Å²) >= 11 is 0. The van der Waals surface area contributed by atoms with Crippen LogP contribution in [0.1, 0.15) is 35.2 Å². The number of anilines is 2. The highest BCUT2D eigenvalue weighted by atomic mass is 19.4. The molecule has 42 heavy (non-hydrogen) atoms. The Bertz CT molecular complexity index is 1680. The molecule has 2 aromatic carbocycles. The lowest BCUT2D eigenvalue weighted by Gasteiger charge is -2.51. The third kappa shape index (κ3) is 4.56. The molecule has 10 nitrogen and oxygen atoms in total. The van der Waals surface area contributed by atoms with Crippen molar-refractivity contribution >= 4 is 17.6 Å². The normalized spacial score (nSPS) is 23.5. The van der Waals surface area contributed by atoms with Crippen molar-refractivity contribution in [3.63, 3.8) is 0 Å². The van der Waals surface area contributed by atoms with Crippen molar-refractivity contribution < 1.29 is 27.2 Å². The van der Waals surface area contributed by atoms with Crippen LogP contribution in [0.4, 0.5) is 24.8 Å². The number of rotatable bonds is 5. The zero-order chi connectivity index (χ0) is 29.8. The fourth-order valence-electron chi connectivity index (χ4n) is 6.49. The van der Waals surface area contributed by atoms with E-state index in [1.165, 1.54) is 28.7 Å². The lowest BCUT2D eigenvalue weighted by Crippen LogP contribution is -2.66. The van der Waals surface area contributed by atoms with Crippen LogP contribution in [0, 0.1) is 11.3 Å². The summed E-state index contributed by atoms with van der Waals surface area (Å²) in [4.78, 5) is 30.6. The van der Waals surface area contributed by atoms with Gasteiger partial charge in [0.2, 0.25) is 5.95 Å². The number of nitrogens with one attached hydrogen (secondary N) is 1. The molecule has 3 fully saturated rings. The molecule has 218 valence electrons. The van der Waals surface area contributed by atoms with Crippen molar-refractivity contribution in [2.45, 2.75) is 25.7 Å². The van der Waals surface area contributed by atoms with Gasteiger partial charge in [0.25, 0.3) is 0 Å². The Hall–Kier alpha value is -4.41. The van der Waals surface area contributed by atoms with Gasteiger partial charge in [-0.05, 0) is 42.8 Å². The van der Waals surface area contributed by atoms with E-state index in [9.17, 15) is 28.0 Å². The number of nitriles is 1. The number of allylic oxidation sites excluding steroid dienone is 1. The Morgan fingerprint density at radius 3 is 2.52 bits per heavy atom. The van der Waals surface area contributed by atoms with Crippen LogP contribution in [0.3, 0.4) is 0 Å². The zero-order valence-electron chi connectivity index (χ0n) is 23.1. The number of H-pyrrole nitrogens is 1. The summed E-state index contributed by atoms with van der Waals surface area (Å²) in [6, 6.07) is 11.0. The molecule has 7 rings (SSSR count). The average molecular weight is 581 g/mol. The van der Waals surface area contributed by atoms with E-state index in [0.717, 1.165) is 61.4 Å². The number of alkyl halides is 3. The lowest BCUT2D eigenvalue weighted by atomic mass is 9.89. The molecule has 2 bridgehead atoms. The largest absolute Gasteiger partial charge is 0.466 e. The minimum Gasteiger partial charge on any atom is -0.466 e. The van der Waals surface area contributed by atoms with Crippen LogP contribution in [-0.2, 0) is 22.3 Å². The average Bonchev–Trinajstić information content (AvgIpc) is 3.37. The SMILES string of the molecule is COC(=O)C1=C(C)N(c2cccc(C(F)(F)F)c2)c2n[nH]c(=O)n2C1c1ccc(C#N)cc1C[N+]12CCN(CC1)CC2. The summed E-state index contributed by atoms with van der Waals surface area (Å²) in [5.41, 5.74) is 0.791. The van der Waals surface area contributed by atoms with Gasteiger partial charge in [0.15, 0.2) is 0 Å². The van der Waals surface area contributed by atoms with Gasteiger partial charge in [-0.25, -0.2) is 19.3 Å². The maximum Gasteiger partial charge on any atom is 0.416 e. The van der Waals surface area contributed by atoms with Gasteiger partial charge in [-0.3, -0.25) is 9.80 Å². The van der Waals surface area contributed by atoms with E-state index in [4.69, 9.17) is 4.74 Å². The number of quaternary nitrogens is 1. The van der Waals surface area contributed by atoms with E-state index in [-0.39, 0.29) is 22.9 Å². The smallest absolute Gasteiger partial charge is 0.416 e. The molecule has 0 saturated carbocycles. The second kappa shape index (κ2) is 10.1. The minimum atomic E-state index is -4.60. The van der Waals surface area contributed by atoms with Gasteiger partial charge in [0.05, 0.1) is 49.5 Å². The van der Waals surface area contributed by atoms with Crippen LogP contribution in [-0.4, -0.2) is 76.5 Å². The molecular formula is C29H29F3N7O3+. The predicted molar refractivity (Wildman–Crippen MR) is 145 cm³/mol. The first-order valence-electron chi connectivity index (χ1n) is 13.6. The van der Waals surface area contributed by atoms with Crippen LogP contribution in [0.2, 0.25) is 0 Å². The number of fused-ring (bicyclic) bond motifs is 4. The maximum absolute atomic E-state index is 13.6. The van der Waals surface area contributed by atoms with E-state index in [1.54, 1.807) is 25.1 Å². The monoisotopic (exact) mass is 580 g/mol. The van der Waals surface area contributed by atoms with Gasteiger partial charge in [-0.2, -0.15) is 18.4 Å². The molecular weight excluding hydrogens is 551 g/mol. The van der Waals surface area contributed by atoms with E-state index in [1.807, 2.05) is 0 Å². The van der Waals surface area contributed by atoms with Crippen molar-refractivity contribution in [1.29, 1.82) is 5.26 Å². The van der Waals surface area contributed by atoms with E-state index < -0.39 is 29.4 Å². The molecule has 1 unspecified atom stereocenters. The molecule has 1 atom stereocenters. The molecule has 4 aliphatic heterocycles. The Morgan fingerprint density at radius 1 is 1.17 bits per heavy atom. The number of benzene rings is 2. The molecule has 3 saturated heterocycles. The van der Waals surface area contributed by atoms with Crippen LogP contribution in [0.25, 0.3) is 0 Å². The number of hydrogen-bond donors (Lipinski definition) is 1. The van der Waals surface area contributed by atoms with Crippen LogP contribution in [0.15, 0.2) is 58.5 Å². The second-order valence-electron chi connectivity index (χ2n) is 11.0. The topological polar surface area (TPSA) is 107 Å². The Balaban J connectivity index is 1.56. The van der Waals surface area contributed by atoms with E-state index in [2.05, 4.69) is 21.2 Å². The van der Waals surface area contributed by atoms with Crippen LogP contribution in [0.5, 0.6) is 0 Å². The zero-order valence-corrected chi connectivity index (χ0v) is 23.1. The van der Waals surface area contributed by atoms with Crippen LogP contribution < -0.4 is 10.6 Å². The number of aromatic nitrogens is 3. The third-order valence-corrected chi connectivity index (χ3v) is 8.72. The molecule has 1 aromatic heterocycles. The Labute approximate surface area is 239 Å². The number of halogens is 3. The number of carbonyl (C=O) groups excluding carboxylic acids is 1. The number of carbonyl (C=O) groups is 1. The molecule has 1 N–H and O–H groups in total. The number of piperazine rings is 3. The predicted octanol–water partition coefficient (Wildman–Crippen LogP) is 3.30. The number of nitrogens with zero attached hydrogens (tertiary/aromatic N) is 6. The number of ether oxygens (including phenoxy) is 1. The summed E-state index contributed by atoms with van der Waals surface area (Å²) in [6.07, 6.45) is -4.60. The summed E-state index contributed by atoms with van der Waals surface area (Å²) in [5, 5.41) is 16.3. The summed E-state index contributed by atoms with van der Waals surface area (Å²) in [6.45, 7) is 7.94. The van der Waals surface area contributed by atoms with Gasteiger partial charge in [-0.15, -0.1) is 5.10 Å². The standard InChI is InChI=1S/C29H28F3N7O3/c1-18-24(26(40)42-2)25(23-7-6-19(16-33)14-20(23)17-39-11-8-36(9-12-39)10-13-39)38-27(34-35-28(38)41)37(18)22-5-3-4-21(15-22)29(30,31)32/h3-7,14-15,25H,8-13,17H2,1-2H3/p+1. The first-order valence-corrected chi connectivity index (χ1v) is 13.6. The number of hydrogen-bond acceptors (Lipinski definition) is 7. The highest BCUT2D eigenvalue weighted by Gasteiger charge is 2.43.